The molecule has 3 nitrogen and oxygen atoms in total. The number of methoxy groups -OCH3 is 1. The number of anilines is 2. The molecule has 0 radical (unpaired) electrons. The fourth-order valence-corrected chi connectivity index (χ4v) is 1.62. The highest BCUT2D eigenvalue weighted by molar-refractivity contribution is 5.67. The molecule has 0 amide bonds. The maximum Gasteiger partial charge on any atom is 0.0599 e. The first-order chi connectivity index (χ1) is 7.29. The lowest BCUT2D eigenvalue weighted by Gasteiger charge is -2.24. The molecular formula is C12H20N2O. The van der Waals surface area contributed by atoms with Gasteiger partial charge in [-0.25, -0.2) is 0 Å². The Kier molecular flexibility index (Phi) is 4.98. The summed E-state index contributed by atoms with van der Waals surface area (Å²) in [5.41, 5.74) is 7.89. The van der Waals surface area contributed by atoms with E-state index < -0.39 is 0 Å². The van der Waals surface area contributed by atoms with Gasteiger partial charge < -0.3 is 15.4 Å². The van der Waals surface area contributed by atoms with Crippen LogP contribution in [0.1, 0.15) is 13.3 Å². The number of para-hydroxylation sites is 2. The van der Waals surface area contributed by atoms with Crippen LogP contribution in [0.15, 0.2) is 24.3 Å². The second-order valence-electron chi connectivity index (χ2n) is 3.48. The van der Waals surface area contributed by atoms with Gasteiger partial charge in [-0.15, -0.1) is 0 Å². The number of nitrogens with two attached hydrogens (primary N) is 1. The molecule has 0 saturated carbocycles. The van der Waals surface area contributed by atoms with Gasteiger partial charge in [0.05, 0.1) is 11.4 Å². The second kappa shape index (κ2) is 6.30. The summed E-state index contributed by atoms with van der Waals surface area (Å²) in [4.78, 5) is 2.27. The van der Waals surface area contributed by atoms with Crippen LogP contribution < -0.4 is 10.6 Å². The molecule has 0 aliphatic carbocycles. The Balaban J connectivity index is 2.61. The SMILES string of the molecule is CCN(CCCOC)c1ccccc1N. The summed E-state index contributed by atoms with van der Waals surface area (Å²) in [5.74, 6) is 0. The second-order valence-corrected chi connectivity index (χ2v) is 3.48. The maximum atomic E-state index is 5.93. The van der Waals surface area contributed by atoms with Crippen LogP contribution in [-0.2, 0) is 4.74 Å². The van der Waals surface area contributed by atoms with Crippen molar-refractivity contribution in [1.29, 1.82) is 0 Å². The van der Waals surface area contributed by atoms with E-state index in [-0.39, 0.29) is 0 Å². The third-order valence-corrected chi connectivity index (χ3v) is 2.44. The number of rotatable bonds is 6. The van der Waals surface area contributed by atoms with Gasteiger partial charge in [0.1, 0.15) is 0 Å². The summed E-state index contributed by atoms with van der Waals surface area (Å²) < 4.78 is 5.04. The molecule has 0 aromatic heterocycles. The lowest BCUT2D eigenvalue weighted by molar-refractivity contribution is 0.196. The van der Waals surface area contributed by atoms with Gasteiger partial charge in [0.2, 0.25) is 0 Å². The zero-order valence-corrected chi connectivity index (χ0v) is 9.57. The molecule has 0 aliphatic rings. The monoisotopic (exact) mass is 208 g/mol. The Morgan fingerprint density at radius 2 is 2.07 bits per heavy atom. The Morgan fingerprint density at radius 3 is 2.67 bits per heavy atom. The summed E-state index contributed by atoms with van der Waals surface area (Å²) in [7, 11) is 1.73. The van der Waals surface area contributed by atoms with Gasteiger partial charge in [-0.1, -0.05) is 12.1 Å². The standard InChI is InChI=1S/C12H20N2O/c1-3-14(9-6-10-15-2)12-8-5-4-7-11(12)13/h4-5,7-8H,3,6,9-10,13H2,1-2H3. The molecule has 0 saturated heterocycles. The van der Waals surface area contributed by atoms with E-state index in [1.165, 1.54) is 0 Å². The van der Waals surface area contributed by atoms with Crippen molar-refractivity contribution in [2.75, 3.05) is 37.4 Å². The summed E-state index contributed by atoms with van der Waals surface area (Å²) in [6, 6.07) is 7.98. The van der Waals surface area contributed by atoms with Crippen molar-refractivity contribution in [1.82, 2.24) is 0 Å². The van der Waals surface area contributed by atoms with E-state index in [0.717, 1.165) is 37.5 Å². The predicted octanol–water partition coefficient (Wildman–Crippen LogP) is 2.13. The molecule has 0 atom stereocenters. The minimum Gasteiger partial charge on any atom is -0.397 e. The highest BCUT2D eigenvalue weighted by atomic mass is 16.5. The van der Waals surface area contributed by atoms with E-state index in [4.69, 9.17) is 10.5 Å². The van der Waals surface area contributed by atoms with Crippen LogP contribution in [0.4, 0.5) is 11.4 Å². The highest BCUT2D eigenvalue weighted by Gasteiger charge is 2.06. The Bertz CT molecular complexity index is 289. The summed E-state index contributed by atoms with van der Waals surface area (Å²) in [6.07, 6.45) is 1.03. The van der Waals surface area contributed by atoms with E-state index >= 15 is 0 Å². The molecule has 2 N–H and O–H groups in total. The predicted molar refractivity (Wildman–Crippen MR) is 65.2 cm³/mol. The van der Waals surface area contributed by atoms with Gasteiger partial charge in [0.25, 0.3) is 0 Å². The van der Waals surface area contributed by atoms with Crippen molar-refractivity contribution in [3.8, 4) is 0 Å². The topological polar surface area (TPSA) is 38.5 Å². The van der Waals surface area contributed by atoms with Gasteiger partial charge in [-0.3, -0.25) is 0 Å². The van der Waals surface area contributed by atoms with E-state index in [0.29, 0.717) is 0 Å². The normalized spacial score (nSPS) is 10.3. The van der Waals surface area contributed by atoms with E-state index in [1.54, 1.807) is 7.11 Å². The molecule has 0 aliphatic heterocycles. The Labute approximate surface area is 91.8 Å². The van der Waals surface area contributed by atoms with E-state index in [9.17, 15) is 0 Å². The molecule has 0 fully saturated rings. The molecule has 1 aromatic carbocycles. The number of nitrogen functional groups attached to an aromatic ring is 1. The number of nitrogens with zero attached hydrogens (tertiary/aromatic N) is 1. The molecule has 1 aromatic rings. The van der Waals surface area contributed by atoms with Crippen LogP contribution in [0.5, 0.6) is 0 Å². The molecular weight excluding hydrogens is 188 g/mol. The number of benzene rings is 1. The molecule has 3 heteroatoms. The molecule has 84 valence electrons. The van der Waals surface area contributed by atoms with Gasteiger partial charge in [-0.05, 0) is 25.5 Å². The van der Waals surface area contributed by atoms with Crippen molar-refractivity contribution >= 4 is 11.4 Å². The summed E-state index contributed by atoms with van der Waals surface area (Å²) >= 11 is 0. The van der Waals surface area contributed by atoms with Crippen molar-refractivity contribution < 1.29 is 4.74 Å². The summed E-state index contributed by atoms with van der Waals surface area (Å²) in [6.45, 7) is 4.89. The fraction of sp³-hybridized carbons (Fsp3) is 0.500. The van der Waals surface area contributed by atoms with Crippen LogP contribution in [0.25, 0.3) is 0 Å². The van der Waals surface area contributed by atoms with Gasteiger partial charge in [0, 0.05) is 26.8 Å². The average Bonchev–Trinajstić information content (AvgIpc) is 2.26. The van der Waals surface area contributed by atoms with Gasteiger partial charge in [-0.2, -0.15) is 0 Å². The van der Waals surface area contributed by atoms with Crippen LogP contribution in [-0.4, -0.2) is 26.8 Å². The first-order valence-electron chi connectivity index (χ1n) is 5.38. The van der Waals surface area contributed by atoms with Gasteiger partial charge >= 0.3 is 0 Å². The van der Waals surface area contributed by atoms with Gasteiger partial charge in [0.15, 0.2) is 0 Å². The van der Waals surface area contributed by atoms with Crippen LogP contribution in [0, 0.1) is 0 Å². The van der Waals surface area contributed by atoms with Crippen molar-refractivity contribution in [3.05, 3.63) is 24.3 Å². The number of ether oxygens (including phenoxy) is 1. The van der Waals surface area contributed by atoms with E-state index in [1.807, 2.05) is 18.2 Å². The third kappa shape index (κ3) is 3.44. The lowest BCUT2D eigenvalue weighted by atomic mass is 10.2. The highest BCUT2D eigenvalue weighted by Crippen LogP contribution is 2.22. The van der Waals surface area contributed by atoms with Crippen LogP contribution in [0.3, 0.4) is 0 Å². The molecule has 0 spiro atoms. The molecule has 0 unspecified atom stereocenters. The van der Waals surface area contributed by atoms with Crippen LogP contribution >= 0.6 is 0 Å². The largest absolute Gasteiger partial charge is 0.397 e. The quantitative estimate of drug-likeness (QED) is 0.575. The Hall–Kier alpha value is -1.22. The molecule has 1 rings (SSSR count). The zero-order chi connectivity index (χ0) is 11.1. The first kappa shape index (κ1) is 11.9. The first-order valence-corrected chi connectivity index (χ1v) is 5.38. The van der Waals surface area contributed by atoms with Crippen molar-refractivity contribution in [3.63, 3.8) is 0 Å². The maximum absolute atomic E-state index is 5.93. The Morgan fingerprint density at radius 1 is 1.33 bits per heavy atom. The third-order valence-electron chi connectivity index (χ3n) is 2.44. The average molecular weight is 208 g/mol. The zero-order valence-electron chi connectivity index (χ0n) is 9.57. The summed E-state index contributed by atoms with van der Waals surface area (Å²) in [5, 5.41) is 0. The number of hydrogen-bond acceptors (Lipinski definition) is 3. The molecule has 15 heavy (non-hydrogen) atoms. The number of hydrogen-bond donors (Lipinski definition) is 1. The minimum absolute atomic E-state index is 0.795. The molecule has 0 bridgehead atoms. The molecule has 0 heterocycles. The minimum atomic E-state index is 0.795. The fourth-order valence-electron chi connectivity index (χ4n) is 1.62. The lowest BCUT2D eigenvalue weighted by Crippen LogP contribution is -2.25. The van der Waals surface area contributed by atoms with Crippen molar-refractivity contribution in [2.24, 2.45) is 0 Å². The van der Waals surface area contributed by atoms with Crippen molar-refractivity contribution in [2.45, 2.75) is 13.3 Å². The smallest absolute Gasteiger partial charge is 0.0599 e. The van der Waals surface area contributed by atoms with Crippen LogP contribution in [0.2, 0.25) is 0 Å². The van der Waals surface area contributed by atoms with E-state index in [2.05, 4.69) is 17.9 Å².